The maximum absolute atomic E-state index is 5.99. The summed E-state index contributed by atoms with van der Waals surface area (Å²) in [6.45, 7) is 2.07. The standard InChI is InChI=1S/C15H14N2S/c1-10-6-7-12(16)13(8-10)17-14-9-18-15-5-3-2-4-11(14)15/h2-9,17H,16H2,1H3. The van der Waals surface area contributed by atoms with E-state index in [1.807, 2.05) is 12.1 Å². The fraction of sp³-hybridized carbons (Fsp3) is 0.0667. The van der Waals surface area contributed by atoms with Crippen molar-refractivity contribution in [2.24, 2.45) is 0 Å². The van der Waals surface area contributed by atoms with E-state index in [1.54, 1.807) is 11.3 Å². The second-order valence-corrected chi connectivity index (χ2v) is 5.27. The number of thiophene rings is 1. The molecule has 90 valence electrons. The molecule has 0 amide bonds. The van der Waals surface area contributed by atoms with Crippen LogP contribution in [0.3, 0.4) is 0 Å². The van der Waals surface area contributed by atoms with E-state index in [-0.39, 0.29) is 0 Å². The average molecular weight is 254 g/mol. The van der Waals surface area contributed by atoms with E-state index in [1.165, 1.54) is 15.6 Å². The summed E-state index contributed by atoms with van der Waals surface area (Å²) < 4.78 is 1.28. The summed E-state index contributed by atoms with van der Waals surface area (Å²) in [6.07, 6.45) is 0. The smallest absolute Gasteiger partial charge is 0.0620 e. The van der Waals surface area contributed by atoms with Crippen molar-refractivity contribution < 1.29 is 0 Å². The van der Waals surface area contributed by atoms with Gasteiger partial charge >= 0.3 is 0 Å². The number of fused-ring (bicyclic) bond motifs is 1. The molecule has 2 aromatic carbocycles. The molecule has 3 N–H and O–H groups in total. The van der Waals surface area contributed by atoms with Gasteiger partial charge in [0, 0.05) is 15.5 Å². The number of nitrogens with two attached hydrogens (primary N) is 1. The van der Waals surface area contributed by atoms with Crippen LogP contribution in [0.5, 0.6) is 0 Å². The highest BCUT2D eigenvalue weighted by Crippen LogP contribution is 2.33. The first-order chi connectivity index (χ1) is 8.74. The van der Waals surface area contributed by atoms with Crippen LogP contribution >= 0.6 is 11.3 Å². The largest absolute Gasteiger partial charge is 0.397 e. The molecule has 0 atom stereocenters. The summed E-state index contributed by atoms with van der Waals surface area (Å²) in [5, 5.41) is 6.79. The summed E-state index contributed by atoms with van der Waals surface area (Å²) in [4.78, 5) is 0. The Morgan fingerprint density at radius 1 is 1.06 bits per heavy atom. The zero-order chi connectivity index (χ0) is 12.5. The second kappa shape index (κ2) is 4.35. The van der Waals surface area contributed by atoms with Crippen LogP contribution in [-0.2, 0) is 0 Å². The van der Waals surface area contributed by atoms with Crippen molar-refractivity contribution in [2.75, 3.05) is 11.1 Å². The Morgan fingerprint density at radius 3 is 2.78 bits per heavy atom. The molecule has 0 saturated carbocycles. The summed E-state index contributed by atoms with van der Waals surface area (Å²) in [7, 11) is 0. The molecule has 0 bridgehead atoms. The van der Waals surface area contributed by atoms with Crippen LogP contribution in [-0.4, -0.2) is 0 Å². The Labute approximate surface area is 110 Å². The average Bonchev–Trinajstić information content (AvgIpc) is 2.78. The summed E-state index contributed by atoms with van der Waals surface area (Å²) in [5.74, 6) is 0. The zero-order valence-corrected chi connectivity index (χ0v) is 10.9. The normalized spacial score (nSPS) is 10.7. The lowest BCUT2D eigenvalue weighted by atomic mass is 10.2. The predicted octanol–water partition coefficient (Wildman–Crippen LogP) is 4.54. The number of nitrogens with one attached hydrogen (secondary N) is 1. The van der Waals surface area contributed by atoms with Crippen molar-refractivity contribution in [3.05, 3.63) is 53.4 Å². The van der Waals surface area contributed by atoms with Gasteiger partial charge in [0.1, 0.15) is 0 Å². The van der Waals surface area contributed by atoms with Crippen molar-refractivity contribution in [1.29, 1.82) is 0 Å². The van der Waals surface area contributed by atoms with Crippen molar-refractivity contribution >= 4 is 38.5 Å². The van der Waals surface area contributed by atoms with Crippen molar-refractivity contribution in [3.8, 4) is 0 Å². The van der Waals surface area contributed by atoms with E-state index in [0.29, 0.717) is 0 Å². The van der Waals surface area contributed by atoms with Crippen LogP contribution in [0.1, 0.15) is 5.56 Å². The highest BCUT2D eigenvalue weighted by atomic mass is 32.1. The van der Waals surface area contributed by atoms with E-state index in [4.69, 9.17) is 5.73 Å². The van der Waals surface area contributed by atoms with E-state index in [9.17, 15) is 0 Å². The molecule has 1 aromatic heterocycles. The van der Waals surface area contributed by atoms with Crippen molar-refractivity contribution in [1.82, 2.24) is 0 Å². The summed E-state index contributed by atoms with van der Waals surface area (Å²) in [5.41, 5.74) is 10.1. The van der Waals surface area contributed by atoms with Gasteiger partial charge in [-0.3, -0.25) is 0 Å². The molecule has 0 spiro atoms. The zero-order valence-electron chi connectivity index (χ0n) is 10.1. The predicted molar refractivity (Wildman–Crippen MR) is 80.7 cm³/mol. The fourth-order valence-electron chi connectivity index (χ4n) is 2.00. The second-order valence-electron chi connectivity index (χ2n) is 4.36. The Bertz CT molecular complexity index is 701. The number of hydrogen-bond acceptors (Lipinski definition) is 3. The molecule has 3 heteroatoms. The van der Waals surface area contributed by atoms with Gasteiger partial charge in [-0.1, -0.05) is 24.3 Å². The summed E-state index contributed by atoms with van der Waals surface area (Å²) in [6, 6.07) is 14.4. The first kappa shape index (κ1) is 11.1. The van der Waals surface area contributed by atoms with Crippen LogP contribution < -0.4 is 11.1 Å². The molecule has 2 nitrogen and oxygen atoms in total. The molecule has 0 saturated heterocycles. The SMILES string of the molecule is Cc1ccc(N)c(Nc2csc3ccccc23)c1. The number of benzene rings is 2. The topological polar surface area (TPSA) is 38.0 Å². The molecule has 3 rings (SSSR count). The van der Waals surface area contributed by atoms with Gasteiger partial charge in [-0.15, -0.1) is 11.3 Å². The number of anilines is 3. The van der Waals surface area contributed by atoms with E-state index in [2.05, 4.69) is 48.0 Å². The first-order valence-electron chi connectivity index (χ1n) is 5.83. The van der Waals surface area contributed by atoms with Gasteiger partial charge in [0.05, 0.1) is 17.1 Å². The van der Waals surface area contributed by atoms with Gasteiger partial charge in [-0.05, 0) is 30.7 Å². The summed E-state index contributed by atoms with van der Waals surface area (Å²) >= 11 is 1.74. The minimum atomic E-state index is 0.774. The van der Waals surface area contributed by atoms with Gasteiger partial charge < -0.3 is 11.1 Å². The monoisotopic (exact) mass is 254 g/mol. The number of hydrogen-bond donors (Lipinski definition) is 2. The minimum absolute atomic E-state index is 0.774. The third kappa shape index (κ3) is 1.93. The van der Waals surface area contributed by atoms with Gasteiger partial charge in [0.2, 0.25) is 0 Å². The Hall–Kier alpha value is -2.00. The molecular weight excluding hydrogens is 240 g/mol. The lowest BCUT2D eigenvalue weighted by Gasteiger charge is -2.09. The molecule has 0 aliphatic rings. The van der Waals surface area contributed by atoms with Crippen LogP contribution in [0, 0.1) is 6.92 Å². The van der Waals surface area contributed by atoms with E-state index < -0.39 is 0 Å². The molecule has 0 aliphatic heterocycles. The number of rotatable bonds is 2. The van der Waals surface area contributed by atoms with Crippen LogP contribution in [0.2, 0.25) is 0 Å². The van der Waals surface area contributed by atoms with E-state index >= 15 is 0 Å². The van der Waals surface area contributed by atoms with Crippen LogP contribution in [0.4, 0.5) is 17.1 Å². The minimum Gasteiger partial charge on any atom is -0.397 e. The molecule has 18 heavy (non-hydrogen) atoms. The molecule has 0 fully saturated rings. The lowest BCUT2D eigenvalue weighted by Crippen LogP contribution is -1.96. The molecule has 1 heterocycles. The molecule has 0 radical (unpaired) electrons. The first-order valence-corrected chi connectivity index (χ1v) is 6.71. The van der Waals surface area contributed by atoms with Crippen molar-refractivity contribution in [3.63, 3.8) is 0 Å². The highest BCUT2D eigenvalue weighted by molar-refractivity contribution is 7.17. The Morgan fingerprint density at radius 2 is 1.89 bits per heavy atom. The Kier molecular flexibility index (Phi) is 2.68. The molecule has 3 aromatic rings. The highest BCUT2D eigenvalue weighted by Gasteiger charge is 2.05. The maximum Gasteiger partial charge on any atom is 0.0620 e. The third-order valence-corrected chi connectivity index (χ3v) is 3.92. The Balaban J connectivity index is 2.04. The number of nitrogen functional groups attached to an aromatic ring is 1. The van der Waals surface area contributed by atoms with Crippen LogP contribution in [0.15, 0.2) is 47.8 Å². The maximum atomic E-state index is 5.99. The molecular formula is C15H14N2S. The lowest BCUT2D eigenvalue weighted by molar-refractivity contribution is 1.46. The molecule has 0 aliphatic carbocycles. The van der Waals surface area contributed by atoms with Gasteiger partial charge in [-0.25, -0.2) is 0 Å². The third-order valence-electron chi connectivity index (χ3n) is 2.96. The van der Waals surface area contributed by atoms with Gasteiger partial charge in [0.25, 0.3) is 0 Å². The fourth-order valence-corrected chi connectivity index (χ4v) is 2.89. The van der Waals surface area contributed by atoms with Gasteiger partial charge in [-0.2, -0.15) is 0 Å². The van der Waals surface area contributed by atoms with E-state index in [0.717, 1.165) is 17.1 Å². The van der Waals surface area contributed by atoms with Gasteiger partial charge in [0.15, 0.2) is 0 Å². The van der Waals surface area contributed by atoms with Crippen molar-refractivity contribution in [2.45, 2.75) is 6.92 Å². The molecule has 0 unspecified atom stereocenters. The quantitative estimate of drug-likeness (QED) is 0.659. The number of aryl methyl sites for hydroxylation is 1. The van der Waals surface area contributed by atoms with Crippen LogP contribution in [0.25, 0.3) is 10.1 Å².